The van der Waals surface area contributed by atoms with Crippen LogP contribution in [0.3, 0.4) is 0 Å². The summed E-state index contributed by atoms with van der Waals surface area (Å²) in [6.07, 6.45) is 1.07. The summed E-state index contributed by atoms with van der Waals surface area (Å²) in [5, 5.41) is 9.30. The van der Waals surface area contributed by atoms with Gasteiger partial charge in [-0.2, -0.15) is 0 Å². The summed E-state index contributed by atoms with van der Waals surface area (Å²) < 4.78 is 32.3. The fourth-order valence-electron chi connectivity index (χ4n) is 1.97. The van der Waals surface area contributed by atoms with Crippen molar-refractivity contribution in [1.29, 1.82) is 0 Å². The monoisotopic (exact) mass is 467 g/mol. The largest absolute Gasteiger partial charge is 0.465 e. The quantitative estimate of drug-likeness (QED) is 0.159. The molecule has 5 nitrogen and oxygen atoms in total. The minimum atomic E-state index is -1.47. The Hall–Kier alpha value is -1.42. The van der Waals surface area contributed by atoms with Crippen LogP contribution in [0.4, 0.5) is 8.78 Å². The lowest BCUT2D eigenvalue weighted by atomic mass is 9.97. The third-order valence-corrected chi connectivity index (χ3v) is 4.31. The van der Waals surface area contributed by atoms with Crippen LogP contribution < -0.4 is 0 Å². The van der Waals surface area contributed by atoms with Gasteiger partial charge in [-0.15, -0.1) is 0 Å². The normalized spacial score (nSPS) is 13.9. The lowest BCUT2D eigenvalue weighted by Gasteiger charge is -2.15. The number of benzene rings is 1. The first-order chi connectivity index (χ1) is 11.7. The molecule has 1 N–H and O–H groups in total. The average Bonchev–Trinajstić information content (AvgIpc) is 2.54. The number of hydrogen-bond acceptors (Lipinski definition) is 5. The summed E-state index contributed by atoms with van der Waals surface area (Å²) in [5.74, 6) is -5.11. The number of halogens is 3. The number of Topliss-reactive ketones (excluding diaryl/α,β-unsaturated/α-hetero) is 1. The zero-order chi connectivity index (χ0) is 19.1. The lowest BCUT2D eigenvalue weighted by molar-refractivity contribution is -0.144. The van der Waals surface area contributed by atoms with E-state index in [0.717, 1.165) is 12.3 Å². The maximum absolute atomic E-state index is 14.0. The number of carbonyl (C=O) groups excluding carboxylic acids is 2. The van der Waals surface area contributed by atoms with Crippen molar-refractivity contribution in [2.75, 3.05) is 13.2 Å². The van der Waals surface area contributed by atoms with E-state index in [9.17, 15) is 23.5 Å². The summed E-state index contributed by atoms with van der Waals surface area (Å²) in [4.78, 5) is 28.8. The number of aliphatic hydroxyl groups excluding tert-OH is 1. The van der Waals surface area contributed by atoms with E-state index in [0.29, 0.717) is 6.07 Å². The highest BCUT2D eigenvalue weighted by Crippen LogP contribution is 2.20. The molecule has 2 unspecified atom stereocenters. The molecular weight excluding hydrogens is 447 g/mol. The number of ether oxygens (including phenoxy) is 1. The second kappa shape index (κ2) is 9.91. The second-order valence-electron chi connectivity index (χ2n) is 5.63. The van der Waals surface area contributed by atoms with Gasteiger partial charge >= 0.3 is 5.97 Å². The van der Waals surface area contributed by atoms with Crippen LogP contribution in [-0.4, -0.2) is 42.3 Å². The molecular formula is C17H20F2INO4. The van der Waals surface area contributed by atoms with Crippen LogP contribution in [0.1, 0.15) is 31.1 Å². The highest BCUT2D eigenvalue weighted by molar-refractivity contribution is 14.1. The fraction of sp³-hybridized carbons (Fsp3) is 0.471. The molecule has 1 aromatic rings. The van der Waals surface area contributed by atoms with Gasteiger partial charge in [0.2, 0.25) is 0 Å². The van der Waals surface area contributed by atoms with Crippen LogP contribution in [0, 0.1) is 27.0 Å². The molecule has 0 aliphatic rings. The van der Waals surface area contributed by atoms with E-state index in [-0.39, 0.29) is 22.7 Å². The van der Waals surface area contributed by atoms with Crippen LogP contribution in [-0.2, 0) is 9.53 Å². The molecule has 1 aromatic carbocycles. The van der Waals surface area contributed by atoms with Crippen molar-refractivity contribution in [2.45, 2.75) is 26.8 Å². The third-order valence-electron chi connectivity index (χ3n) is 3.48. The third kappa shape index (κ3) is 5.81. The van der Waals surface area contributed by atoms with E-state index in [4.69, 9.17) is 4.74 Å². The molecule has 0 radical (unpaired) electrons. The second-order valence-corrected chi connectivity index (χ2v) is 6.79. The molecule has 0 heterocycles. The smallest absolute Gasteiger partial charge is 0.322 e. The van der Waals surface area contributed by atoms with Crippen LogP contribution >= 0.6 is 22.6 Å². The molecule has 0 saturated heterocycles. The minimum Gasteiger partial charge on any atom is -0.465 e. The fourth-order valence-corrected chi connectivity index (χ4v) is 2.44. The van der Waals surface area contributed by atoms with E-state index >= 15 is 0 Å². The first-order valence-corrected chi connectivity index (χ1v) is 8.80. The zero-order valence-corrected chi connectivity index (χ0v) is 16.3. The van der Waals surface area contributed by atoms with E-state index < -0.39 is 40.9 Å². The van der Waals surface area contributed by atoms with Gasteiger partial charge in [-0.05, 0) is 41.5 Å². The van der Waals surface area contributed by atoms with Crippen molar-refractivity contribution >= 4 is 40.6 Å². The van der Waals surface area contributed by atoms with Crippen molar-refractivity contribution in [1.82, 2.24) is 0 Å². The summed E-state index contributed by atoms with van der Waals surface area (Å²) in [6.45, 7) is 4.99. The van der Waals surface area contributed by atoms with Crippen molar-refractivity contribution in [3.05, 3.63) is 32.9 Å². The van der Waals surface area contributed by atoms with Gasteiger partial charge in [0, 0.05) is 15.9 Å². The molecule has 0 aliphatic carbocycles. The van der Waals surface area contributed by atoms with Crippen molar-refractivity contribution in [3.8, 4) is 0 Å². The Morgan fingerprint density at radius 3 is 2.48 bits per heavy atom. The van der Waals surface area contributed by atoms with Crippen LogP contribution in [0.5, 0.6) is 0 Å². The molecule has 0 saturated carbocycles. The molecule has 0 fully saturated rings. The van der Waals surface area contributed by atoms with Crippen LogP contribution in [0.2, 0.25) is 0 Å². The minimum absolute atomic E-state index is 0.0253. The summed E-state index contributed by atoms with van der Waals surface area (Å²) in [7, 11) is 0. The maximum Gasteiger partial charge on any atom is 0.322 e. The standard InChI is InChI=1S/C17H20F2INO4/c1-4-25-17(24)11(7-21-15(8-22)9(2)3)16(23)10-5-14(20)13(19)6-12(10)18/h5-7,9,11,15,22H,4,8H2,1-3H3. The Bertz CT molecular complexity index is 664. The number of nitrogens with zero attached hydrogens (tertiary/aromatic N) is 1. The number of aliphatic hydroxyl groups is 1. The lowest BCUT2D eigenvalue weighted by Crippen LogP contribution is -2.30. The average molecular weight is 467 g/mol. The Labute approximate surface area is 158 Å². The van der Waals surface area contributed by atoms with Crippen LogP contribution in [0.15, 0.2) is 17.1 Å². The van der Waals surface area contributed by atoms with Crippen molar-refractivity contribution in [2.24, 2.45) is 16.8 Å². The maximum atomic E-state index is 14.0. The SMILES string of the molecule is CCOC(=O)C(C=NC(CO)C(C)C)C(=O)c1cc(I)c(F)cc1F. The van der Waals surface area contributed by atoms with Crippen molar-refractivity contribution in [3.63, 3.8) is 0 Å². The molecule has 0 amide bonds. The first-order valence-electron chi connectivity index (χ1n) is 7.72. The molecule has 138 valence electrons. The number of rotatable bonds is 8. The van der Waals surface area contributed by atoms with E-state index in [1.807, 2.05) is 13.8 Å². The molecule has 0 aliphatic heterocycles. The Morgan fingerprint density at radius 2 is 1.96 bits per heavy atom. The van der Waals surface area contributed by atoms with E-state index in [2.05, 4.69) is 4.99 Å². The zero-order valence-electron chi connectivity index (χ0n) is 14.1. The first kappa shape index (κ1) is 21.6. The van der Waals surface area contributed by atoms with Gasteiger partial charge in [0.25, 0.3) is 0 Å². The van der Waals surface area contributed by atoms with Gasteiger partial charge in [0.1, 0.15) is 11.6 Å². The van der Waals surface area contributed by atoms with Gasteiger partial charge in [-0.25, -0.2) is 8.78 Å². The number of carbonyl (C=O) groups is 2. The van der Waals surface area contributed by atoms with Gasteiger partial charge in [0.05, 0.1) is 24.8 Å². The van der Waals surface area contributed by atoms with E-state index in [1.165, 1.54) is 0 Å². The van der Waals surface area contributed by atoms with Crippen molar-refractivity contribution < 1.29 is 28.2 Å². The summed E-state index contributed by atoms with van der Waals surface area (Å²) in [5.41, 5.74) is -0.416. The molecule has 0 aromatic heterocycles. The highest BCUT2D eigenvalue weighted by atomic mass is 127. The van der Waals surface area contributed by atoms with Gasteiger partial charge in [-0.3, -0.25) is 14.6 Å². The Balaban J connectivity index is 3.24. The molecule has 1 rings (SSSR count). The number of hydrogen-bond donors (Lipinski definition) is 1. The molecule has 8 heteroatoms. The Morgan fingerprint density at radius 1 is 1.32 bits per heavy atom. The highest BCUT2D eigenvalue weighted by Gasteiger charge is 2.30. The van der Waals surface area contributed by atoms with Gasteiger partial charge in [-0.1, -0.05) is 13.8 Å². The predicted molar refractivity (Wildman–Crippen MR) is 97.7 cm³/mol. The Kier molecular flexibility index (Phi) is 8.57. The summed E-state index contributed by atoms with van der Waals surface area (Å²) >= 11 is 1.63. The van der Waals surface area contributed by atoms with Gasteiger partial charge < -0.3 is 9.84 Å². The predicted octanol–water partition coefficient (Wildman–Crippen LogP) is 3.02. The number of aliphatic imine (C=N–C) groups is 1. The molecule has 25 heavy (non-hydrogen) atoms. The molecule has 0 spiro atoms. The molecule has 0 bridgehead atoms. The van der Waals surface area contributed by atoms with E-state index in [1.54, 1.807) is 29.5 Å². The number of esters is 1. The summed E-state index contributed by atoms with van der Waals surface area (Å²) in [6, 6.07) is 1.13. The number of ketones is 1. The topological polar surface area (TPSA) is 76.0 Å². The molecule has 2 atom stereocenters. The van der Waals surface area contributed by atoms with Gasteiger partial charge in [0.15, 0.2) is 11.7 Å². The van der Waals surface area contributed by atoms with Crippen LogP contribution in [0.25, 0.3) is 0 Å².